The van der Waals surface area contributed by atoms with E-state index in [9.17, 15) is 4.79 Å². The van der Waals surface area contributed by atoms with Crippen molar-refractivity contribution in [2.75, 3.05) is 7.11 Å². The summed E-state index contributed by atoms with van der Waals surface area (Å²) in [6.07, 6.45) is 0. The quantitative estimate of drug-likeness (QED) is 0.727. The Morgan fingerprint density at radius 1 is 1.38 bits per heavy atom. The maximum absolute atomic E-state index is 11.6. The molecule has 84 valence electrons. The van der Waals surface area contributed by atoms with Gasteiger partial charge in [0.05, 0.1) is 7.11 Å². The molecule has 4 heteroatoms. The van der Waals surface area contributed by atoms with Crippen LogP contribution in [0.1, 0.15) is 19.7 Å². The lowest BCUT2D eigenvalue weighted by atomic mass is 9.94. The highest BCUT2D eigenvalue weighted by Crippen LogP contribution is 2.27. The molecule has 0 aliphatic heterocycles. The van der Waals surface area contributed by atoms with Crippen molar-refractivity contribution in [3.8, 4) is 0 Å². The van der Waals surface area contributed by atoms with E-state index in [2.05, 4.69) is 4.98 Å². The van der Waals surface area contributed by atoms with Crippen molar-refractivity contribution >= 4 is 17.1 Å². The summed E-state index contributed by atoms with van der Waals surface area (Å²) in [5.74, 6) is 0.0135. The Morgan fingerprint density at radius 3 is 2.69 bits per heavy atom. The molecule has 4 nitrogen and oxygen atoms in total. The molecule has 0 N–H and O–H groups in total. The second-order valence-electron chi connectivity index (χ2n) is 4.10. The van der Waals surface area contributed by atoms with Crippen molar-refractivity contribution in [2.24, 2.45) is 0 Å². The van der Waals surface area contributed by atoms with Crippen LogP contribution in [0.25, 0.3) is 11.1 Å². The number of carbonyl (C=O) groups is 1. The number of hydrogen-bond acceptors (Lipinski definition) is 4. The molecule has 0 unspecified atom stereocenters. The van der Waals surface area contributed by atoms with Crippen LogP contribution >= 0.6 is 0 Å². The molecule has 1 aromatic carbocycles. The predicted molar refractivity (Wildman–Crippen MR) is 59.1 cm³/mol. The van der Waals surface area contributed by atoms with E-state index in [1.54, 1.807) is 13.8 Å². The van der Waals surface area contributed by atoms with E-state index < -0.39 is 5.41 Å². The fraction of sp³-hybridized carbons (Fsp3) is 0.333. The molecule has 0 saturated carbocycles. The summed E-state index contributed by atoms with van der Waals surface area (Å²) in [6.45, 7) is 3.45. The standard InChI is InChI=1S/C12H13NO3/c1-12(2,11(14)15-3)10-13-8-6-4-5-7-9(8)16-10/h4-7H,1-3H3. The molecule has 0 aliphatic rings. The molecule has 0 amide bonds. The summed E-state index contributed by atoms with van der Waals surface area (Å²) >= 11 is 0. The first-order valence-corrected chi connectivity index (χ1v) is 5.00. The van der Waals surface area contributed by atoms with Crippen LogP contribution in [0.3, 0.4) is 0 Å². The zero-order valence-electron chi connectivity index (χ0n) is 9.48. The number of oxazole rings is 1. The first kappa shape index (κ1) is 10.7. The highest BCUT2D eigenvalue weighted by Gasteiger charge is 2.36. The Labute approximate surface area is 93.2 Å². The third kappa shape index (κ3) is 1.56. The van der Waals surface area contributed by atoms with Crippen molar-refractivity contribution in [3.63, 3.8) is 0 Å². The van der Waals surface area contributed by atoms with Crippen LogP contribution in [0.2, 0.25) is 0 Å². The fourth-order valence-corrected chi connectivity index (χ4v) is 1.48. The summed E-state index contributed by atoms with van der Waals surface area (Å²) in [6, 6.07) is 7.40. The van der Waals surface area contributed by atoms with E-state index in [-0.39, 0.29) is 5.97 Å². The first-order chi connectivity index (χ1) is 7.55. The lowest BCUT2D eigenvalue weighted by Crippen LogP contribution is -2.30. The Morgan fingerprint density at radius 2 is 2.06 bits per heavy atom. The molecule has 16 heavy (non-hydrogen) atoms. The highest BCUT2D eigenvalue weighted by atomic mass is 16.5. The lowest BCUT2D eigenvalue weighted by Gasteiger charge is -2.16. The van der Waals surface area contributed by atoms with Gasteiger partial charge in [-0.1, -0.05) is 12.1 Å². The molecule has 0 spiro atoms. The van der Waals surface area contributed by atoms with Gasteiger partial charge >= 0.3 is 5.97 Å². The molecule has 0 atom stereocenters. The zero-order chi connectivity index (χ0) is 11.8. The van der Waals surface area contributed by atoms with Gasteiger partial charge in [-0.2, -0.15) is 0 Å². The van der Waals surface area contributed by atoms with Crippen LogP contribution in [-0.2, 0) is 14.9 Å². The van der Waals surface area contributed by atoms with Gasteiger partial charge in [0.15, 0.2) is 5.58 Å². The zero-order valence-corrected chi connectivity index (χ0v) is 9.48. The van der Waals surface area contributed by atoms with Gasteiger partial charge in [0, 0.05) is 0 Å². The van der Waals surface area contributed by atoms with Gasteiger partial charge in [-0.05, 0) is 26.0 Å². The second-order valence-corrected chi connectivity index (χ2v) is 4.10. The minimum absolute atomic E-state index is 0.362. The average Bonchev–Trinajstić information content (AvgIpc) is 2.72. The van der Waals surface area contributed by atoms with Gasteiger partial charge in [-0.3, -0.25) is 4.79 Å². The predicted octanol–water partition coefficient (Wildman–Crippen LogP) is 2.28. The highest BCUT2D eigenvalue weighted by molar-refractivity contribution is 5.82. The molecule has 2 rings (SSSR count). The molecular formula is C12H13NO3. The van der Waals surface area contributed by atoms with Crippen LogP contribution in [0.4, 0.5) is 0 Å². The van der Waals surface area contributed by atoms with Crippen LogP contribution < -0.4 is 0 Å². The molecule has 1 heterocycles. The number of ether oxygens (including phenoxy) is 1. The van der Waals surface area contributed by atoms with Crippen molar-refractivity contribution in [1.82, 2.24) is 4.98 Å². The number of aromatic nitrogens is 1. The average molecular weight is 219 g/mol. The molecule has 2 aromatic rings. The Balaban J connectivity index is 2.51. The fourth-order valence-electron chi connectivity index (χ4n) is 1.48. The normalized spacial score (nSPS) is 11.7. The SMILES string of the molecule is COC(=O)C(C)(C)c1nc2ccccc2o1. The maximum atomic E-state index is 11.6. The molecule has 0 aliphatic carbocycles. The third-order valence-corrected chi connectivity index (χ3v) is 2.52. The monoisotopic (exact) mass is 219 g/mol. The first-order valence-electron chi connectivity index (χ1n) is 5.00. The number of methoxy groups -OCH3 is 1. The molecular weight excluding hydrogens is 206 g/mol. The van der Waals surface area contributed by atoms with E-state index >= 15 is 0 Å². The number of para-hydroxylation sites is 2. The smallest absolute Gasteiger partial charge is 0.320 e. The van der Waals surface area contributed by atoms with Crippen molar-refractivity contribution < 1.29 is 13.9 Å². The summed E-state index contributed by atoms with van der Waals surface area (Å²) in [5.41, 5.74) is 0.553. The number of esters is 1. The van der Waals surface area contributed by atoms with Gasteiger partial charge in [-0.15, -0.1) is 0 Å². The summed E-state index contributed by atoms with van der Waals surface area (Å²) in [4.78, 5) is 15.9. The Bertz CT molecular complexity index is 495. The number of carbonyl (C=O) groups excluding carboxylic acids is 1. The topological polar surface area (TPSA) is 52.3 Å². The van der Waals surface area contributed by atoms with E-state index in [1.807, 2.05) is 24.3 Å². The van der Waals surface area contributed by atoms with Gasteiger partial charge in [-0.25, -0.2) is 4.98 Å². The van der Waals surface area contributed by atoms with Crippen LogP contribution in [0.5, 0.6) is 0 Å². The van der Waals surface area contributed by atoms with Gasteiger partial charge in [0.25, 0.3) is 0 Å². The summed E-state index contributed by atoms with van der Waals surface area (Å²) in [7, 11) is 1.35. The largest absolute Gasteiger partial charge is 0.468 e. The number of rotatable bonds is 2. The summed E-state index contributed by atoms with van der Waals surface area (Å²) in [5, 5.41) is 0. The van der Waals surface area contributed by atoms with E-state index in [4.69, 9.17) is 9.15 Å². The molecule has 0 fully saturated rings. The van der Waals surface area contributed by atoms with Gasteiger partial charge in [0.2, 0.25) is 5.89 Å². The minimum Gasteiger partial charge on any atom is -0.468 e. The number of hydrogen-bond donors (Lipinski definition) is 0. The number of fused-ring (bicyclic) bond motifs is 1. The van der Waals surface area contributed by atoms with Crippen LogP contribution in [-0.4, -0.2) is 18.1 Å². The van der Waals surface area contributed by atoms with E-state index in [0.717, 1.165) is 5.52 Å². The van der Waals surface area contributed by atoms with E-state index in [0.29, 0.717) is 11.5 Å². The van der Waals surface area contributed by atoms with Crippen molar-refractivity contribution in [1.29, 1.82) is 0 Å². The Kier molecular flexibility index (Phi) is 2.42. The third-order valence-electron chi connectivity index (χ3n) is 2.52. The lowest BCUT2D eigenvalue weighted by molar-refractivity contribution is -0.147. The van der Waals surface area contributed by atoms with Gasteiger partial charge < -0.3 is 9.15 Å². The van der Waals surface area contributed by atoms with Crippen LogP contribution in [0.15, 0.2) is 28.7 Å². The van der Waals surface area contributed by atoms with Crippen LogP contribution in [0, 0.1) is 0 Å². The van der Waals surface area contributed by atoms with Crippen molar-refractivity contribution in [2.45, 2.75) is 19.3 Å². The van der Waals surface area contributed by atoms with Gasteiger partial charge in [0.1, 0.15) is 10.9 Å². The van der Waals surface area contributed by atoms with E-state index in [1.165, 1.54) is 7.11 Å². The number of nitrogens with zero attached hydrogens (tertiary/aromatic N) is 1. The Hall–Kier alpha value is -1.84. The number of benzene rings is 1. The summed E-state index contributed by atoms with van der Waals surface area (Å²) < 4.78 is 10.3. The second kappa shape index (κ2) is 3.63. The molecule has 0 radical (unpaired) electrons. The molecule has 0 bridgehead atoms. The molecule has 0 saturated heterocycles. The van der Waals surface area contributed by atoms with Crippen molar-refractivity contribution in [3.05, 3.63) is 30.2 Å². The molecule has 1 aromatic heterocycles. The minimum atomic E-state index is -0.867. The maximum Gasteiger partial charge on any atom is 0.320 e.